The Balaban J connectivity index is 1.71. The standard InChI is InChI=1S/C27H35N3O4/c1-5-19(3)28-26(32)24(29-25(31)21-12-10-18(2)11-13-21)20-14-16-30(17-15-20)27(33)22-8-6-7-9-23(22)34-4/h6-13,19-20,24H,5,14-17H2,1-4H3,(H,28,32)(H,29,31)/t19-,24-/m0/s1. The van der Waals surface area contributed by atoms with Gasteiger partial charge in [-0.2, -0.15) is 0 Å². The number of rotatable bonds is 8. The van der Waals surface area contributed by atoms with Gasteiger partial charge in [0.1, 0.15) is 11.8 Å². The zero-order valence-corrected chi connectivity index (χ0v) is 20.5. The summed E-state index contributed by atoms with van der Waals surface area (Å²) in [4.78, 5) is 40.9. The second-order valence-electron chi connectivity index (χ2n) is 8.96. The number of nitrogens with one attached hydrogen (secondary N) is 2. The molecule has 0 radical (unpaired) electrons. The van der Waals surface area contributed by atoms with Crippen LogP contribution in [0.5, 0.6) is 5.75 Å². The first-order valence-corrected chi connectivity index (χ1v) is 11.9. The summed E-state index contributed by atoms with van der Waals surface area (Å²) < 4.78 is 5.34. The topological polar surface area (TPSA) is 87.7 Å². The molecule has 7 heteroatoms. The number of para-hydroxylation sites is 1. The predicted molar refractivity (Wildman–Crippen MR) is 132 cm³/mol. The lowest BCUT2D eigenvalue weighted by Crippen LogP contribution is -2.55. The number of carbonyl (C=O) groups is 3. The van der Waals surface area contributed by atoms with E-state index in [9.17, 15) is 14.4 Å². The molecule has 1 aliphatic heterocycles. The van der Waals surface area contributed by atoms with Crippen molar-refractivity contribution < 1.29 is 19.1 Å². The Labute approximate surface area is 201 Å². The van der Waals surface area contributed by atoms with Crippen LogP contribution in [0, 0.1) is 12.8 Å². The molecule has 3 rings (SSSR count). The molecular weight excluding hydrogens is 430 g/mol. The highest BCUT2D eigenvalue weighted by molar-refractivity contribution is 5.98. The summed E-state index contributed by atoms with van der Waals surface area (Å²) in [5.74, 6) is -0.0488. The lowest BCUT2D eigenvalue weighted by atomic mass is 9.88. The van der Waals surface area contributed by atoms with Gasteiger partial charge in [0, 0.05) is 24.7 Å². The van der Waals surface area contributed by atoms with Crippen molar-refractivity contribution in [3.05, 3.63) is 65.2 Å². The average molecular weight is 466 g/mol. The highest BCUT2D eigenvalue weighted by atomic mass is 16.5. The summed E-state index contributed by atoms with van der Waals surface area (Å²) in [5.41, 5.74) is 2.12. The third-order valence-electron chi connectivity index (χ3n) is 6.52. The number of benzene rings is 2. The van der Waals surface area contributed by atoms with Crippen molar-refractivity contribution in [2.75, 3.05) is 20.2 Å². The fourth-order valence-electron chi connectivity index (χ4n) is 4.19. The zero-order valence-electron chi connectivity index (χ0n) is 20.5. The van der Waals surface area contributed by atoms with Crippen LogP contribution in [0.1, 0.15) is 59.4 Å². The Bertz CT molecular complexity index is 997. The molecule has 1 heterocycles. The highest BCUT2D eigenvalue weighted by Crippen LogP contribution is 2.26. The number of aryl methyl sites for hydroxylation is 1. The van der Waals surface area contributed by atoms with E-state index in [1.54, 1.807) is 36.3 Å². The molecule has 0 aliphatic carbocycles. The minimum atomic E-state index is -0.661. The first kappa shape index (κ1) is 25.3. The van der Waals surface area contributed by atoms with Crippen molar-refractivity contribution in [3.8, 4) is 5.75 Å². The first-order chi connectivity index (χ1) is 16.3. The molecule has 34 heavy (non-hydrogen) atoms. The van der Waals surface area contributed by atoms with E-state index >= 15 is 0 Å². The molecule has 2 atom stereocenters. The quantitative estimate of drug-likeness (QED) is 0.624. The molecule has 3 amide bonds. The second kappa shape index (κ2) is 11.7. The molecule has 0 saturated carbocycles. The van der Waals surface area contributed by atoms with Gasteiger partial charge >= 0.3 is 0 Å². The molecule has 7 nitrogen and oxygen atoms in total. The number of nitrogens with zero attached hydrogens (tertiary/aromatic N) is 1. The maximum atomic E-state index is 13.1. The van der Waals surface area contributed by atoms with Crippen molar-refractivity contribution in [2.45, 2.75) is 52.1 Å². The van der Waals surface area contributed by atoms with Gasteiger partial charge in [-0.1, -0.05) is 36.8 Å². The number of methoxy groups -OCH3 is 1. The Hall–Kier alpha value is -3.35. The van der Waals surface area contributed by atoms with Gasteiger partial charge in [-0.3, -0.25) is 14.4 Å². The third-order valence-corrected chi connectivity index (χ3v) is 6.52. The normalized spacial score (nSPS) is 15.8. The van der Waals surface area contributed by atoms with Gasteiger partial charge in [-0.05, 0) is 63.3 Å². The van der Waals surface area contributed by atoms with E-state index in [2.05, 4.69) is 10.6 Å². The lowest BCUT2D eigenvalue weighted by Gasteiger charge is -2.36. The molecule has 0 unspecified atom stereocenters. The van der Waals surface area contributed by atoms with E-state index in [-0.39, 0.29) is 29.7 Å². The van der Waals surface area contributed by atoms with E-state index in [0.29, 0.717) is 42.8 Å². The van der Waals surface area contributed by atoms with Crippen molar-refractivity contribution in [1.82, 2.24) is 15.5 Å². The van der Waals surface area contributed by atoms with E-state index in [0.717, 1.165) is 12.0 Å². The van der Waals surface area contributed by atoms with Crippen molar-refractivity contribution in [2.24, 2.45) is 5.92 Å². The Morgan fingerprint density at radius 1 is 1.03 bits per heavy atom. The highest BCUT2D eigenvalue weighted by Gasteiger charge is 2.35. The molecule has 1 fully saturated rings. The second-order valence-corrected chi connectivity index (χ2v) is 8.96. The van der Waals surface area contributed by atoms with Crippen LogP contribution in [0.25, 0.3) is 0 Å². The number of amides is 3. The summed E-state index contributed by atoms with van der Waals surface area (Å²) in [6.07, 6.45) is 2.04. The monoisotopic (exact) mass is 465 g/mol. The number of ether oxygens (including phenoxy) is 1. The number of hydrogen-bond acceptors (Lipinski definition) is 4. The summed E-state index contributed by atoms with van der Waals surface area (Å²) >= 11 is 0. The molecule has 1 aliphatic rings. The third kappa shape index (κ3) is 6.16. The van der Waals surface area contributed by atoms with Crippen LogP contribution in [-0.4, -0.2) is 54.9 Å². The maximum Gasteiger partial charge on any atom is 0.257 e. The van der Waals surface area contributed by atoms with Gasteiger partial charge in [-0.25, -0.2) is 0 Å². The van der Waals surface area contributed by atoms with Crippen LogP contribution in [0.15, 0.2) is 48.5 Å². The molecule has 1 saturated heterocycles. The van der Waals surface area contributed by atoms with Gasteiger partial charge in [0.15, 0.2) is 0 Å². The van der Waals surface area contributed by atoms with Gasteiger partial charge < -0.3 is 20.3 Å². The van der Waals surface area contributed by atoms with Gasteiger partial charge in [0.05, 0.1) is 12.7 Å². The van der Waals surface area contributed by atoms with Crippen LogP contribution in [-0.2, 0) is 4.79 Å². The lowest BCUT2D eigenvalue weighted by molar-refractivity contribution is -0.125. The minimum absolute atomic E-state index is 0.0125. The van der Waals surface area contributed by atoms with E-state index < -0.39 is 6.04 Å². The van der Waals surface area contributed by atoms with E-state index in [4.69, 9.17) is 4.74 Å². The van der Waals surface area contributed by atoms with Crippen LogP contribution in [0.4, 0.5) is 0 Å². The van der Waals surface area contributed by atoms with Crippen molar-refractivity contribution >= 4 is 17.7 Å². The van der Waals surface area contributed by atoms with Crippen LogP contribution < -0.4 is 15.4 Å². The summed E-state index contributed by atoms with van der Waals surface area (Å²) in [5, 5.41) is 5.99. The Morgan fingerprint density at radius 2 is 1.68 bits per heavy atom. The van der Waals surface area contributed by atoms with Gasteiger partial charge in [-0.15, -0.1) is 0 Å². The minimum Gasteiger partial charge on any atom is -0.496 e. The van der Waals surface area contributed by atoms with Gasteiger partial charge in [0.2, 0.25) is 5.91 Å². The molecule has 182 valence electrons. The summed E-state index contributed by atoms with van der Waals surface area (Å²) in [6.45, 7) is 6.94. The molecule has 0 spiro atoms. The SMILES string of the molecule is CC[C@H](C)NC(=O)[C@@H](NC(=O)c1ccc(C)cc1)C1CCN(C(=O)c2ccccc2OC)CC1. The largest absolute Gasteiger partial charge is 0.496 e. The molecule has 2 N–H and O–H groups in total. The van der Waals surface area contributed by atoms with Crippen LogP contribution in [0.2, 0.25) is 0 Å². The number of piperidine rings is 1. The molecule has 0 aromatic heterocycles. The zero-order chi connectivity index (χ0) is 24.7. The molecule has 2 aromatic carbocycles. The maximum absolute atomic E-state index is 13.1. The fraction of sp³-hybridized carbons (Fsp3) is 0.444. The smallest absolute Gasteiger partial charge is 0.257 e. The number of carbonyl (C=O) groups excluding carboxylic acids is 3. The van der Waals surface area contributed by atoms with E-state index in [1.165, 1.54) is 0 Å². The Kier molecular flexibility index (Phi) is 8.68. The van der Waals surface area contributed by atoms with Gasteiger partial charge in [0.25, 0.3) is 11.8 Å². The van der Waals surface area contributed by atoms with Crippen molar-refractivity contribution in [3.63, 3.8) is 0 Å². The molecule has 0 bridgehead atoms. The number of likely N-dealkylation sites (tertiary alicyclic amines) is 1. The molecular formula is C27H35N3O4. The number of hydrogen-bond donors (Lipinski definition) is 2. The summed E-state index contributed by atoms with van der Waals surface area (Å²) in [6, 6.07) is 13.8. The van der Waals surface area contributed by atoms with E-state index in [1.807, 2.05) is 45.0 Å². The summed E-state index contributed by atoms with van der Waals surface area (Å²) in [7, 11) is 1.55. The van der Waals surface area contributed by atoms with Crippen molar-refractivity contribution in [1.29, 1.82) is 0 Å². The fourth-order valence-corrected chi connectivity index (χ4v) is 4.19. The predicted octanol–water partition coefficient (Wildman–Crippen LogP) is 3.57. The average Bonchev–Trinajstić information content (AvgIpc) is 2.87. The van der Waals surface area contributed by atoms with Crippen LogP contribution in [0.3, 0.4) is 0 Å². The Morgan fingerprint density at radius 3 is 2.29 bits per heavy atom. The van der Waals surface area contributed by atoms with Crippen LogP contribution >= 0.6 is 0 Å². The molecule has 2 aromatic rings. The first-order valence-electron chi connectivity index (χ1n) is 11.9.